The molecule has 1 aliphatic rings. The third-order valence-corrected chi connectivity index (χ3v) is 3.06. The highest BCUT2D eigenvalue weighted by molar-refractivity contribution is 5.69. The highest BCUT2D eigenvalue weighted by Gasteiger charge is 2.26. The monoisotopic (exact) mass is 170 g/mol. The summed E-state index contributed by atoms with van der Waals surface area (Å²) in [6.45, 7) is 4.46. The largest absolute Gasteiger partial charge is 0.481 e. The molecule has 0 bridgehead atoms. The second kappa shape index (κ2) is 3.92. The summed E-state index contributed by atoms with van der Waals surface area (Å²) >= 11 is 0. The van der Waals surface area contributed by atoms with Crippen molar-refractivity contribution < 1.29 is 9.90 Å². The standard InChI is InChI=1S/C10H18O2/c1-7(2)8-3-5-9(6-4-8)10(11)12/h7-9H,3-6H2,1-2H3,(H,11,12). The van der Waals surface area contributed by atoms with Crippen LogP contribution in [0.4, 0.5) is 0 Å². The lowest BCUT2D eigenvalue weighted by Gasteiger charge is -2.28. The Kier molecular flexibility index (Phi) is 3.12. The quantitative estimate of drug-likeness (QED) is 0.691. The number of rotatable bonds is 2. The van der Waals surface area contributed by atoms with Gasteiger partial charge in [0.25, 0.3) is 0 Å². The molecule has 2 heteroatoms. The van der Waals surface area contributed by atoms with Gasteiger partial charge < -0.3 is 5.11 Å². The molecule has 0 aromatic rings. The average Bonchev–Trinajstić information content (AvgIpc) is 2.04. The summed E-state index contributed by atoms with van der Waals surface area (Å²) in [6.07, 6.45) is 3.99. The fraction of sp³-hybridized carbons (Fsp3) is 0.900. The fourth-order valence-corrected chi connectivity index (χ4v) is 2.03. The Morgan fingerprint density at radius 3 is 2.08 bits per heavy atom. The Balaban J connectivity index is 2.34. The molecule has 70 valence electrons. The maximum absolute atomic E-state index is 10.6. The van der Waals surface area contributed by atoms with Gasteiger partial charge in [-0.3, -0.25) is 4.79 Å². The lowest BCUT2D eigenvalue weighted by Crippen LogP contribution is -2.23. The molecule has 2 nitrogen and oxygen atoms in total. The van der Waals surface area contributed by atoms with E-state index in [1.807, 2.05) is 0 Å². The van der Waals surface area contributed by atoms with E-state index in [2.05, 4.69) is 13.8 Å². The molecule has 0 aromatic carbocycles. The van der Waals surface area contributed by atoms with Crippen LogP contribution in [0.2, 0.25) is 0 Å². The van der Waals surface area contributed by atoms with Crippen molar-refractivity contribution in [2.45, 2.75) is 39.5 Å². The molecule has 0 amide bonds. The van der Waals surface area contributed by atoms with Gasteiger partial charge in [-0.25, -0.2) is 0 Å². The summed E-state index contributed by atoms with van der Waals surface area (Å²) in [5.74, 6) is 0.831. The van der Waals surface area contributed by atoms with Gasteiger partial charge in [0.05, 0.1) is 5.92 Å². The first-order chi connectivity index (χ1) is 5.61. The van der Waals surface area contributed by atoms with Crippen LogP contribution in [0.5, 0.6) is 0 Å². The molecule has 0 aliphatic heterocycles. The summed E-state index contributed by atoms with van der Waals surface area (Å²) < 4.78 is 0. The zero-order chi connectivity index (χ0) is 9.14. The van der Waals surface area contributed by atoms with Crippen LogP contribution in [0.25, 0.3) is 0 Å². The third kappa shape index (κ3) is 2.23. The van der Waals surface area contributed by atoms with Gasteiger partial charge >= 0.3 is 5.97 Å². The van der Waals surface area contributed by atoms with E-state index >= 15 is 0 Å². The molecule has 0 spiro atoms. The Bertz CT molecular complexity index is 155. The van der Waals surface area contributed by atoms with E-state index < -0.39 is 5.97 Å². The van der Waals surface area contributed by atoms with Gasteiger partial charge in [-0.15, -0.1) is 0 Å². The predicted molar refractivity (Wildman–Crippen MR) is 47.9 cm³/mol. The molecule has 0 saturated heterocycles. The number of carboxylic acids is 1. The smallest absolute Gasteiger partial charge is 0.306 e. The third-order valence-electron chi connectivity index (χ3n) is 3.06. The molecular weight excluding hydrogens is 152 g/mol. The summed E-state index contributed by atoms with van der Waals surface area (Å²) in [6, 6.07) is 0. The minimum Gasteiger partial charge on any atom is -0.481 e. The number of hydrogen-bond acceptors (Lipinski definition) is 1. The summed E-state index contributed by atoms with van der Waals surface area (Å²) in [5.41, 5.74) is 0. The first-order valence-corrected chi connectivity index (χ1v) is 4.84. The Morgan fingerprint density at radius 1 is 1.25 bits per heavy atom. The van der Waals surface area contributed by atoms with Crippen LogP contribution in [0.15, 0.2) is 0 Å². The zero-order valence-corrected chi connectivity index (χ0v) is 7.92. The normalized spacial score (nSPS) is 30.6. The lowest BCUT2D eigenvalue weighted by atomic mass is 9.77. The van der Waals surface area contributed by atoms with Crippen LogP contribution in [0.1, 0.15) is 39.5 Å². The molecule has 0 atom stereocenters. The molecular formula is C10H18O2. The SMILES string of the molecule is CC(C)C1CCC(C(=O)O)CC1. The van der Waals surface area contributed by atoms with Gasteiger partial charge in [-0.1, -0.05) is 13.8 Å². The van der Waals surface area contributed by atoms with Crippen LogP contribution in [-0.4, -0.2) is 11.1 Å². The maximum Gasteiger partial charge on any atom is 0.306 e. The van der Waals surface area contributed by atoms with E-state index in [-0.39, 0.29) is 5.92 Å². The minimum atomic E-state index is -0.600. The van der Waals surface area contributed by atoms with Crippen molar-refractivity contribution in [3.8, 4) is 0 Å². The van der Waals surface area contributed by atoms with Crippen molar-refractivity contribution in [1.29, 1.82) is 0 Å². The summed E-state index contributed by atoms with van der Waals surface area (Å²) in [5, 5.41) is 8.76. The first-order valence-electron chi connectivity index (χ1n) is 4.84. The molecule has 1 rings (SSSR count). The molecule has 0 aromatic heterocycles. The Hall–Kier alpha value is -0.530. The molecule has 0 heterocycles. The Morgan fingerprint density at radius 2 is 1.75 bits per heavy atom. The first kappa shape index (κ1) is 9.56. The van der Waals surface area contributed by atoms with Crippen molar-refractivity contribution in [1.82, 2.24) is 0 Å². The van der Waals surface area contributed by atoms with Crippen LogP contribution in [0, 0.1) is 17.8 Å². The van der Waals surface area contributed by atoms with Crippen molar-refractivity contribution in [2.75, 3.05) is 0 Å². The second-order valence-corrected chi connectivity index (χ2v) is 4.19. The molecule has 12 heavy (non-hydrogen) atoms. The van der Waals surface area contributed by atoms with Crippen LogP contribution in [-0.2, 0) is 4.79 Å². The zero-order valence-electron chi connectivity index (χ0n) is 7.92. The number of hydrogen-bond donors (Lipinski definition) is 1. The van der Waals surface area contributed by atoms with E-state index in [4.69, 9.17) is 5.11 Å². The van der Waals surface area contributed by atoms with E-state index in [0.29, 0.717) is 0 Å². The summed E-state index contributed by atoms with van der Waals surface area (Å²) in [7, 11) is 0. The van der Waals surface area contributed by atoms with Gasteiger partial charge in [-0.2, -0.15) is 0 Å². The number of carboxylic acid groups (broad SMARTS) is 1. The molecule has 1 N–H and O–H groups in total. The van der Waals surface area contributed by atoms with Crippen LogP contribution < -0.4 is 0 Å². The fourth-order valence-electron chi connectivity index (χ4n) is 2.03. The topological polar surface area (TPSA) is 37.3 Å². The van der Waals surface area contributed by atoms with E-state index in [9.17, 15) is 4.79 Å². The van der Waals surface area contributed by atoms with Gasteiger partial charge in [0.2, 0.25) is 0 Å². The molecule has 0 radical (unpaired) electrons. The van der Waals surface area contributed by atoms with Crippen molar-refractivity contribution in [2.24, 2.45) is 17.8 Å². The maximum atomic E-state index is 10.6. The molecule has 0 unspecified atom stereocenters. The Labute approximate surface area is 74.0 Å². The van der Waals surface area contributed by atoms with Crippen molar-refractivity contribution >= 4 is 5.97 Å². The van der Waals surface area contributed by atoms with Gasteiger partial charge in [-0.05, 0) is 37.5 Å². The molecule has 1 saturated carbocycles. The summed E-state index contributed by atoms with van der Waals surface area (Å²) in [4.78, 5) is 10.6. The van der Waals surface area contributed by atoms with Crippen molar-refractivity contribution in [3.63, 3.8) is 0 Å². The lowest BCUT2D eigenvalue weighted by molar-refractivity contribution is -0.143. The van der Waals surface area contributed by atoms with Crippen LogP contribution >= 0.6 is 0 Å². The molecule has 1 fully saturated rings. The molecule has 1 aliphatic carbocycles. The number of carbonyl (C=O) groups is 1. The van der Waals surface area contributed by atoms with E-state index in [1.165, 1.54) is 0 Å². The van der Waals surface area contributed by atoms with Crippen LogP contribution in [0.3, 0.4) is 0 Å². The van der Waals surface area contributed by atoms with E-state index in [1.54, 1.807) is 0 Å². The van der Waals surface area contributed by atoms with Crippen molar-refractivity contribution in [3.05, 3.63) is 0 Å². The van der Waals surface area contributed by atoms with Gasteiger partial charge in [0.1, 0.15) is 0 Å². The van der Waals surface area contributed by atoms with Gasteiger partial charge in [0, 0.05) is 0 Å². The highest BCUT2D eigenvalue weighted by Crippen LogP contribution is 2.33. The van der Waals surface area contributed by atoms with E-state index in [0.717, 1.165) is 37.5 Å². The number of aliphatic carboxylic acids is 1. The highest BCUT2D eigenvalue weighted by atomic mass is 16.4. The average molecular weight is 170 g/mol. The second-order valence-electron chi connectivity index (χ2n) is 4.19. The van der Waals surface area contributed by atoms with Gasteiger partial charge in [0.15, 0.2) is 0 Å². The minimum absolute atomic E-state index is 0.0556. The predicted octanol–water partition coefficient (Wildman–Crippen LogP) is 2.53.